The smallest absolute Gasteiger partial charge is 0.0649 e. The molecule has 0 radical (unpaired) electrons. The van der Waals surface area contributed by atoms with Gasteiger partial charge in [-0.25, -0.2) is 0 Å². The zero-order chi connectivity index (χ0) is 12.0. The van der Waals surface area contributed by atoms with Crippen LogP contribution in [-0.4, -0.2) is 17.1 Å². The van der Waals surface area contributed by atoms with Crippen LogP contribution in [0.15, 0.2) is 29.3 Å². The lowest BCUT2D eigenvalue weighted by molar-refractivity contribution is 0.303. The molecule has 0 aliphatic carbocycles. The lowest BCUT2D eigenvalue weighted by atomic mass is 9.66. The van der Waals surface area contributed by atoms with Crippen LogP contribution in [0.2, 0.25) is 0 Å². The van der Waals surface area contributed by atoms with Crippen LogP contribution >= 0.6 is 11.6 Å². The average molecular weight is 236 g/mol. The molecule has 0 atom stereocenters. The van der Waals surface area contributed by atoms with Crippen molar-refractivity contribution in [1.82, 2.24) is 0 Å². The van der Waals surface area contributed by atoms with E-state index < -0.39 is 0 Å². The van der Waals surface area contributed by atoms with Gasteiger partial charge in [-0.15, -0.1) is 11.6 Å². The molecule has 0 saturated carbocycles. The molecule has 2 rings (SSSR count). The molecule has 1 aromatic rings. The fourth-order valence-corrected chi connectivity index (χ4v) is 2.45. The highest BCUT2D eigenvalue weighted by Crippen LogP contribution is 2.42. The molecule has 0 bridgehead atoms. The number of alkyl halides is 1. The van der Waals surface area contributed by atoms with Gasteiger partial charge < -0.3 is 0 Å². The van der Waals surface area contributed by atoms with Gasteiger partial charge in [-0.1, -0.05) is 38.1 Å². The molecule has 2 heteroatoms. The summed E-state index contributed by atoms with van der Waals surface area (Å²) in [5, 5.41) is 0. The Labute approximate surface area is 103 Å². The summed E-state index contributed by atoms with van der Waals surface area (Å²) in [7, 11) is 0. The normalized spacial score (nSPS) is 21.2. The second-order valence-electron chi connectivity index (χ2n) is 5.42. The summed E-state index contributed by atoms with van der Waals surface area (Å²) in [4.78, 5) is 4.81. The number of halogens is 1. The van der Waals surface area contributed by atoms with E-state index in [1.54, 1.807) is 0 Å². The van der Waals surface area contributed by atoms with E-state index >= 15 is 0 Å². The summed E-state index contributed by atoms with van der Waals surface area (Å²) in [5.74, 6) is 0.483. The molecule has 0 unspecified atom stereocenters. The SMILES string of the molecule is CC1(C)N=C(CCl)c2ccccc2C1(C)C. The standard InChI is InChI=1S/C14H18ClN/c1-13(2)11-8-6-5-7-10(11)12(9-15)16-14(13,3)4/h5-8H,9H2,1-4H3. The van der Waals surface area contributed by atoms with Gasteiger partial charge in [0.25, 0.3) is 0 Å². The van der Waals surface area contributed by atoms with Gasteiger partial charge in [0, 0.05) is 11.0 Å². The van der Waals surface area contributed by atoms with Crippen molar-refractivity contribution in [3.05, 3.63) is 35.4 Å². The van der Waals surface area contributed by atoms with E-state index in [2.05, 4.69) is 52.0 Å². The summed E-state index contributed by atoms with van der Waals surface area (Å²) in [6.07, 6.45) is 0. The molecule has 0 amide bonds. The van der Waals surface area contributed by atoms with Crippen molar-refractivity contribution in [2.75, 3.05) is 5.88 Å². The minimum atomic E-state index is -0.106. The van der Waals surface area contributed by atoms with E-state index in [4.69, 9.17) is 16.6 Å². The Morgan fingerprint density at radius 2 is 1.75 bits per heavy atom. The van der Waals surface area contributed by atoms with Gasteiger partial charge in [0.2, 0.25) is 0 Å². The third-order valence-corrected chi connectivity index (χ3v) is 4.24. The fraction of sp³-hybridized carbons (Fsp3) is 0.500. The zero-order valence-electron chi connectivity index (χ0n) is 10.3. The van der Waals surface area contributed by atoms with Gasteiger partial charge in [-0.3, -0.25) is 4.99 Å². The average Bonchev–Trinajstić information content (AvgIpc) is 2.24. The first-order chi connectivity index (χ1) is 7.40. The lowest BCUT2D eigenvalue weighted by Crippen LogP contribution is -2.46. The molecule has 1 heterocycles. The van der Waals surface area contributed by atoms with Gasteiger partial charge >= 0.3 is 0 Å². The minimum absolute atomic E-state index is 0.0408. The van der Waals surface area contributed by atoms with E-state index in [-0.39, 0.29) is 11.0 Å². The van der Waals surface area contributed by atoms with E-state index in [0.29, 0.717) is 5.88 Å². The predicted octanol–water partition coefficient (Wildman–Crippen LogP) is 3.78. The predicted molar refractivity (Wildman–Crippen MR) is 70.8 cm³/mol. The van der Waals surface area contributed by atoms with Crippen LogP contribution in [0.5, 0.6) is 0 Å². The number of rotatable bonds is 1. The van der Waals surface area contributed by atoms with Crippen molar-refractivity contribution in [2.45, 2.75) is 38.6 Å². The van der Waals surface area contributed by atoms with Gasteiger partial charge in [0.05, 0.1) is 17.1 Å². The van der Waals surface area contributed by atoms with E-state index in [1.165, 1.54) is 11.1 Å². The molecular weight excluding hydrogens is 218 g/mol. The van der Waals surface area contributed by atoms with Gasteiger partial charge in [-0.2, -0.15) is 0 Å². The summed E-state index contributed by atoms with van der Waals surface area (Å²) in [6, 6.07) is 8.45. The molecule has 0 N–H and O–H groups in total. The number of hydrogen-bond donors (Lipinski definition) is 0. The second kappa shape index (κ2) is 3.59. The van der Waals surface area contributed by atoms with Gasteiger partial charge in [0.15, 0.2) is 0 Å². The maximum atomic E-state index is 6.00. The van der Waals surface area contributed by atoms with Crippen molar-refractivity contribution < 1.29 is 0 Å². The number of nitrogens with zero attached hydrogens (tertiary/aromatic N) is 1. The highest BCUT2D eigenvalue weighted by molar-refractivity contribution is 6.32. The highest BCUT2D eigenvalue weighted by atomic mass is 35.5. The van der Waals surface area contributed by atoms with Crippen molar-refractivity contribution in [2.24, 2.45) is 4.99 Å². The highest BCUT2D eigenvalue weighted by Gasteiger charge is 2.43. The van der Waals surface area contributed by atoms with Crippen LogP contribution in [0, 0.1) is 0 Å². The summed E-state index contributed by atoms with van der Waals surface area (Å²) < 4.78 is 0. The Morgan fingerprint density at radius 3 is 2.38 bits per heavy atom. The number of benzene rings is 1. The Kier molecular flexibility index (Phi) is 2.62. The Morgan fingerprint density at radius 1 is 1.12 bits per heavy atom. The molecule has 86 valence electrons. The van der Waals surface area contributed by atoms with Crippen LogP contribution in [0.4, 0.5) is 0 Å². The monoisotopic (exact) mass is 235 g/mol. The second-order valence-corrected chi connectivity index (χ2v) is 5.69. The summed E-state index contributed by atoms with van der Waals surface area (Å²) in [6.45, 7) is 8.85. The molecule has 0 saturated heterocycles. The Balaban J connectivity index is 2.71. The molecule has 0 spiro atoms. The fourth-order valence-electron chi connectivity index (χ4n) is 2.25. The Hall–Kier alpha value is -0.820. The lowest BCUT2D eigenvalue weighted by Gasteiger charge is -2.44. The largest absolute Gasteiger partial charge is 0.281 e. The Bertz CT molecular complexity index is 444. The van der Waals surface area contributed by atoms with Crippen molar-refractivity contribution in [1.29, 1.82) is 0 Å². The summed E-state index contributed by atoms with van der Waals surface area (Å²) in [5.41, 5.74) is 3.51. The molecule has 1 aliphatic rings. The van der Waals surface area contributed by atoms with Crippen LogP contribution in [0.1, 0.15) is 38.8 Å². The third kappa shape index (κ3) is 1.49. The number of aliphatic imine (C=N–C) groups is 1. The molecule has 0 fully saturated rings. The quantitative estimate of drug-likeness (QED) is 0.657. The van der Waals surface area contributed by atoms with Gasteiger partial charge in [-0.05, 0) is 19.4 Å². The van der Waals surface area contributed by atoms with Crippen molar-refractivity contribution in [3.63, 3.8) is 0 Å². The first-order valence-electron chi connectivity index (χ1n) is 5.65. The van der Waals surface area contributed by atoms with Crippen molar-refractivity contribution >= 4 is 17.3 Å². The van der Waals surface area contributed by atoms with E-state index in [9.17, 15) is 0 Å². The molecule has 16 heavy (non-hydrogen) atoms. The van der Waals surface area contributed by atoms with Crippen LogP contribution in [0.3, 0.4) is 0 Å². The minimum Gasteiger partial charge on any atom is -0.281 e. The first kappa shape index (κ1) is 11.7. The molecule has 1 aromatic carbocycles. The molecular formula is C14H18ClN. The van der Waals surface area contributed by atoms with Crippen LogP contribution < -0.4 is 0 Å². The third-order valence-electron chi connectivity index (χ3n) is 3.98. The van der Waals surface area contributed by atoms with E-state index in [0.717, 1.165) is 5.71 Å². The van der Waals surface area contributed by atoms with Crippen molar-refractivity contribution in [3.8, 4) is 0 Å². The zero-order valence-corrected chi connectivity index (χ0v) is 11.1. The van der Waals surface area contributed by atoms with Crippen LogP contribution in [-0.2, 0) is 5.41 Å². The van der Waals surface area contributed by atoms with E-state index in [1.807, 2.05) is 0 Å². The molecule has 1 aliphatic heterocycles. The summed E-state index contributed by atoms with van der Waals surface area (Å²) >= 11 is 6.00. The molecule has 0 aromatic heterocycles. The van der Waals surface area contributed by atoms with Crippen LogP contribution in [0.25, 0.3) is 0 Å². The maximum Gasteiger partial charge on any atom is 0.0649 e. The molecule has 1 nitrogen and oxygen atoms in total. The topological polar surface area (TPSA) is 12.4 Å². The van der Waals surface area contributed by atoms with Gasteiger partial charge in [0.1, 0.15) is 0 Å². The number of hydrogen-bond acceptors (Lipinski definition) is 1. The first-order valence-corrected chi connectivity index (χ1v) is 6.18. The number of fused-ring (bicyclic) bond motifs is 1. The maximum absolute atomic E-state index is 6.00.